The van der Waals surface area contributed by atoms with Crippen LogP contribution in [0.2, 0.25) is 0 Å². The fraction of sp³-hybridized carbons (Fsp3) is 0.769. The summed E-state index contributed by atoms with van der Waals surface area (Å²) >= 11 is 0. The highest BCUT2D eigenvalue weighted by molar-refractivity contribution is 5.12. The Morgan fingerprint density at radius 2 is 2.29 bits per heavy atom. The van der Waals surface area contributed by atoms with Crippen LogP contribution in [0, 0.1) is 5.92 Å². The van der Waals surface area contributed by atoms with Crippen LogP contribution in [0.25, 0.3) is 0 Å². The van der Waals surface area contributed by atoms with Crippen molar-refractivity contribution in [3.63, 3.8) is 0 Å². The predicted molar refractivity (Wildman–Crippen MR) is 67.9 cm³/mol. The van der Waals surface area contributed by atoms with Gasteiger partial charge in [-0.05, 0) is 32.2 Å². The lowest BCUT2D eigenvalue weighted by Crippen LogP contribution is -2.29. The SMILES string of the molecule is CCCn1cc(C(NC)C2CCOCC2)cn1. The summed E-state index contributed by atoms with van der Waals surface area (Å²) in [5.74, 6) is 0.674. The van der Waals surface area contributed by atoms with Crippen LogP contribution in [0.4, 0.5) is 0 Å². The predicted octanol–water partition coefficient (Wildman–Crippen LogP) is 1.98. The second-order valence-electron chi connectivity index (χ2n) is 4.75. The van der Waals surface area contributed by atoms with Gasteiger partial charge in [-0.25, -0.2) is 0 Å². The molecule has 1 N–H and O–H groups in total. The van der Waals surface area contributed by atoms with E-state index in [1.165, 1.54) is 5.56 Å². The summed E-state index contributed by atoms with van der Waals surface area (Å²) < 4.78 is 7.47. The number of aryl methyl sites for hydroxylation is 1. The van der Waals surface area contributed by atoms with Crippen LogP contribution in [-0.2, 0) is 11.3 Å². The van der Waals surface area contributed by atoms with E-state index in [9.17, 15) is 0 Å². The van der Waals surface area contributed by atoms with E-state index in [1.807, 2.05) is 17.9 Å². The number of rotatable bonds is 5. The third-order valence-electron chi connectivity index (χ3n) is 3.51. The van der Waals surface area contributed by atoms with Crippen molar-refractivity contribution in [3.05, 3.63) is 18.0 Å². The van der Waals surface area contributed by atoms with E-state index in [0.29, 0.717) is 12.0 Å². The number of ether oxygens (including phenoxy) is 1. The molecule has 1 unspecified atom stereocenters. The lowest BCUT2D eigenvalue weighted by Gasteiger charge is -2.29. The molecule has 1 aliphatic heterocycles. The minimum atomic E-state index is 0.421. The van der Waals surface area contributed by atoms with Gasteiger partial charge in [0.05, 0.1) is 6.20 Å². The molecule has 1 aromatic rings. The summed E-state index contributed by atoms with van der Waals surface area (Å²) in [4.78, 5) is 0. The van der Waals surface area contributed by atoms with Crippen molar-refractivity contribution < 1.29 is 4.74 Å². The molecule has 1 fully saturated rings. The molecule has 0 aromatic carbocycles. The maximum Gasteiger partial charge on any atom is 0.0537 e. The van der Waals surface area contributed by atoms with Gasteiger partial charge in [0.2, 0.25) is 0 Å². The van der Waals surface area contributed by atoms with Gasteiger partial charge in [-0.3, -0.25) is 4.68 Å². The maximum absolute atomic E-state index is 5.43. The van der Waals surface area contributed by atoms with Crippen LogP contribution in [0.3, 0.4) is 0 Å². The summed E-state index contributed by atoms with van der Waals surface area (Å²) in [5.41, 5.74) is 1.31. The summed E-state index contributed by atoms with van der Waals surface area (Å²) in [6.45, 7) is 4.97. The van der Waals surface area contributed by atoms with E-state index < -0.39 is 0 Å². The van der Waals surface area contributed by atoms with E-state index in [2.05, 4.69) is 23.5 Å². The average molecular weight is 237 g/mol. The van der Waals surface area contributed by atoms with Crippen molar-refractivity contribution in [2.45, 2.75) is 38.8 Å². The van der Waals surface area contributed by atoms with Crippen molar-refractivity contribution in [3.8, 4) is 0 Å². The Labute approximate surface area is 103 Å². The van der Waals surface area contributed by atoms with Crippen LogP contribution >= 0.6 is 0 Å². The summed E-state index contributed by atoms with van der Waals surface area (Å²) in [6.07, 6.45) is 7.60. The molecule has 17 heavy (non-hydrogen) atoms. The van der Waals surface area contributed by atoms with Crippen molar-refractivity contribution in [2.75, 3.05) is 20.3 Å². The smallest absolute Gasteiger partial charge is 0.0537 e. The molecular weight excluding hydrogens is 214 g/mol. The molecule has 1 aliphatic rings. The first-order valence-electron chi connectivity index (χ1n) is 6.62. The molecule has 0 amide bonds. The number of aromatic nitrogens is 2. The quantitative estimate of drug-likeness (QED) is 0.851. The molecule has 96 valence electrons. The van der Waals surface area contributed by atoms with Crippen molar-refractivity contribution in [1.29, 1.82) is 0 Å². The second kappa shape index (κ2) is 6.17. The van der Waals surface area contributed by atoms with Crippen molar-refractivity contribution in [2.24, 2.45) is 5.92 Å². The zero-order valence-electron chi connectivity index (χ0n) is 10.9. The Morgan fingerprint density at radius 3 is 2.94 bits per heavy atom. The molecular formula is C13H23N3O. The van der Waals surface area contributed by atoms with E-state index >= 15 is 0 Å². The third-order valence-corrected chi connectivity index (χ3v) is 3.51. The Hall–Kier alpha value is -0.870. The van der Waals surface area contributed by atoms with E-state index in [-0.39, 0.29) is 0 Å². The Bertz CT molecular complexity index is 331. The molecule has 1 aromatic heterocycles. The number of nitrogens with one attached hydrogen (secondary N) is 1. The molecule has 1 saturated heterocycles. The zero-order chi connectivity index (χ0) is 12.1. The molecule has 0 aliphatic carbocycles. The van der Waals surface area contributed by atoms with Gasteiger partial charge >= 0.3 is 0 Å². The van der Waals surface area contributed by atoms with Crippen LogP contribution in [-0.4, -0.2) is 30.0 Å². The van der Waals surface area contributed by atoms with E-state index in [1.54, 1.807) is 0 Å². The van der Waals surface area contributed by atoms with Gasteiger partial charge in [-0.15, -0.1) is 0 Å². The largest absolute Gasteiger partial charge is 0.381 e. The van der Waals surface area contributed by atoms with Gasteiger partial charge in [0, 0.05) is 37.6 Å². The van der Waals surface area contributed by atoms with Gasteiger partial charge < -0.3 is 10.1 Å². The highest BCUT2D eigenvalue weighted by atomic mass is 16.5. The molecule has 0 bridgehead atoms. The Kier molecular flexibility index (Phi) is 4.57. The lowest BCUT2D eigenvalue weighted by molar-refractivity contribution is 0.0546. The molecule has 4 heteroatoms. The van der Waals surface area contributed by atoms with Gasteiger partial charge in [0.25, 0.3) is 0 Å². The third kappa shape index (κ3) is 3.07. The molecule has 0 radical (unpaired) electrons. The van der Waals surface area contributed by atoms with Gasteiger partial charge in [-0.2, -0.15) is 5.10 Å². The summed E-state index contributed by atoms with van der Waals surface area (Å²) in [5, 5.41) is 7.85. The standard InChI is InChI=1S/C13H23N3O/c1-3-6-16-10-12(9-15-16)13(14-2)11-4-7-17-8-5-11/h9-11,13-14H,3-8H2,1-2H3. The first kappa shape index (κ1) is 12.6. The van der Waals surface area contributed by atoms with Crippen LogP contribution in [0.1, 0.15) is 37.8 Å². The highest BCUT2D eigenvalue weighted by Gasteiger charge is 2.25. The lowest BCUT2D eigenvalue weighted by atomic mass is 9.88. The number of hydrogen-bond acceptors (Lipinski definition) is 3. The van der Waals surface area contributed by atoms with Crippen molar-refractivity contribution >= 4 is 0 Å². The minimum Gasteiger partial charge on any atom is -0.381 e. The topological polar surface area (TPSA) is 39.1 Å². The number of hydrogen-bond donors (Lipinski definition) is 1. The van der Waals surface area contributed by atoms with E-state index in [0.717, 1.165) is 39.0 Å². The maximum atomic E-state index is 5.43. The normalized spacial score (nSPS) is 19.4. The molecule has 1 atom stereocenters. The van der Waals surface area contributed by atoms with Crippen LogP contribution in [0.5, 0.6) is 0 Å². The Morgan fingerprint density at radius 1 is 1.53 bits per heavy atom. The molecule has 0 spiro atoms. The first-order valence-corrected chi connectivity index (χ1v) is 6.62. The molecule has 2 rings (SSSR count). The Balaban J connectivity index is 2.04. The first-order chi connectivity index (χ1) is 8.35. The van der Waals surface area contributed by atoms with Gasteiger partial charge in [0.1, 0.15) is 0 Å². The minimum absolute atomic E-state index is 0.421. The van der Waals surface area contributed by atoms with Crippen LogP contribution in [0.15, 0.2) is 12.4 Å². The van der Waals surface area contributed by atoms with Gasteiger partial charge in [0.15, 0.2) is 0 Å². The average Bonchev–Trinajstić information content (AvgIpc) is 2.81. The number of nitrogens with zero attached hydrogens (tertiary/aromatic N) is 2. The second-order valence-corrected chi connectivity index (χ2v) is 4.75. The van der Waals surface area contributed by atoms with E-state index in [4.69, 9.17) is 4.74 Å². The monoisotopic (exact) mass is 237 g/mol. The molecule has 4 nitrogen and oxygen atoms in total. The molecule has 0 saturated carbocycles. The molecule has 2 heterocycles. The van der Waals surface area contributed by atoms with Crippen LogP contribution < -0.4 is 5.32 Å². The fourth-order valence-electron chi connectivity index (χ4n) is 2.62. The van der Waals surface area contributed by atoms with Crippen molar-refractivity contribution in [1.82, 2.24) is 15.1 Å². The summed E-state index contributed by atoms with van der Waals surface area (Å²) in [7, 11) is 2.04. The highest BCUT2D eigenvalue weighted by Crippen LogP contribution is 2.29. The zero-order valence-corrected chi connectivity index (χ0v) is 10.9. The fourth-order valence-corrected chi connectivity index (χ4v) is 2.62. The van der Waals surface area contributed by atoms with Gasteiger partial charge in [-0.1, -0.05) is 6.92 Å². The summed E-state index contributed by atoms with van der Waals surface area (Å²) in [6, 6.07) is 0.421.